The Morgan fingerprint density at radius 2 is 2.27 bits per heavy atom. The van der Waals surface area contributed by atoms with Crippen LogP contribution in [-0.2, 0) is 0 Å². The summed E-state index contributed by atoms with van der Waals surface area (Å²) in [6.45, 7) is 3.59. The van der Waals surface area contributed by atoms with Gasteiger partial charge in [0.25, 0.3) is 0 Å². The van der Waals surface area contributed by atoms with Crippen molar-refractivity contribution in [3.8, 4) is 0 Å². The Morgan fingerprint density at radius 1 is 1.45 bits per heavy atom. The number of unbranched alkanes of at least 4 members (excludes halogenated alkanes) is 1. The van der Waals surface area contributed by atoms with Crippen molar-refractivity contribution in [2.24, 2.45) is 0 Å². The summed E-state index contributed by atoms with van der Waals surface area (Å²) in [4.78, 5) is 2.37. The summed E-state index contributed by atoms with van der Waals surface area (Å²) in [6, 6.07) is 0. The van der Waals surface area contributed by atoms with Gasteiger partial charge in [-0.15, -0.1) is 11.6 Å². The molecule has 1 fully saturated rings. The predicted octanol–water partition coefficient (Wildman–Crippen LogP) is 1.07. The van der Waals surface area contributed by atoms with Crippen LogP contribution in [-0.4, -0.2) is 41.6 Å². The maximum absolute atomic E-state index is 8.55. The van der Waals surface area contributed by atoms with Crippen LogP contribution in [0.25, 0.3) is 0 Å². The van der Waals surface area contributed by atoms with Crippen molar-refractivity contribution in [3.05, 3.63) is 0 Å². The number of likely N-dealkylation sites (tertiary alicyclic amines) is 1. The van der Waals surface area contributed by atoms with E-state index in [1.54, 1.807) is 0 Å². The Kier molecular flexibility index (Phi) is 4.20. The number of aliphatic hydroxyl groups excluding tert-OH is 1. The predicted molar refractivity (Wildman–Crippen MR) is 47.0 cm³/mol. The second kappa shape index (κ2) is 4.96. The largest absolute Gasteiger partial charge is 0.396 e. The van der Waals surface area contributed by atoms with Crippen molar-refractivity contribution in [1.82, 2.24) is 4.90 Å². The fourth-order valence-corrected chi connectivity index (χ4v) is 1.73. The van der Waals surface area contributed by atoms with Gasteiger partial charge in [-0.3, -0.25) is 0 Å². The summed E-state index contributed by atoms with van der Waals surface area (Å²) in [6.07, 6.45) is 3.14. The number of nitrogens with zero attached hydrogens (tertiary/aromatic N) is 1. The quantitative estimate of drug-likeness (QED) is 0.513. The molecule has 0 amide bonds. The number of halogens is 1. The minimum absolute atomic E-state index is 0.318. The zero-order valence-corrected chi connectivity index (χ0v) is 7.56. The van der Waals surface area contributed by atoms with Crippen molar-refractivity contribution in [2.45, 2.75) is 24.6 Å². The van der Waals surface area contributed by atoms with E-state index in [0.717, 1.165) is 38.9 Å². The standard InChI is InChI=1S/C8H16ClNO/c9-8-3-5-10(7-8)4-1-2-6-11/h8,11H,1-7H2. The molecule has 0 saturated carbocycles. The van der Waals surface area contributed by atoms with Gasteiger partial charge in [0, 0.05) is 18.5 Å². The zero-order chi connectivity index (χ0) is 8.10. The van der Waals surface area contributed by atoms with Crippen LogP contribution in [0.4, 0.5) is 0 Å². The Balaban J connectivity index is 1.99. The molecule has 0 aromatic rings. The smallest absolute Gasteiger partial charge is 0.0475 e. The lowest BCUT2D eigenvalue weighted by atomic mass is 10.3. The number of aliphatic hydroxyl groups is 1. The molecule has 1 saturated heterocycles. The number of hydrogen-bond acceptors (Lipinski definition) is 2. The van der Waals surface area contributed by atoms with Gasteiger partial charge >= 0.3 is 0 Å². The monoisotopic (exact) mass is 177 g/mol. The van der Waals surface area contributed by atoms with Crippen LogP contribution in [0.2, 0.25) is 0 Å². The van der Waals surface area contributed by atoms with E-state index in [2.05, 4.69) is 4.90 Å². The third-order valence-corrected chi connectivity index (χ3v) is 2.45. The fraction of sp³-hybridized carbons (Fsp3) is 1.00. The summed E-state index contributed by atoms with van der Waals surface area (Å²) in [7, 11) is 0. The normalized spacial score (nSPS) is 26.2. The Labute approximate surface area is 73.1 Å². The first kappa shape index (κ1) is 9.30. The second-order valence-corrected chi connectivity index (χ2v) is 3.73. The van der Waals surface area contributed by atoms with E-state index in [4.69, 9.17) is 16.7 Å². The molecule has 0 aromatic carbocycles. The summed E-state index contributed by atoms with van der Waals surface area (Å²) < 4.78 is 0. The number of rotatable bonds is 4. The van der Waals surface area contributed by atoms with E-state index in [1.807, 2.05) is 0 Å². The van der Waals surface area contributed by atoms with E-state index in [0.29, 0.717) is 12.0 Å². The lowest BCUT2D eigenvalue weighted by Crippen LogP contribution is -2.22. The molecule has 3 heteroatoms. The van der Waals surface area contributed by atoms with E-state index >= 15 is 0 Å². The SMILES string of the molecule is OCCCCN1CCC(Cl)C1. The molecule has 0 spiro atoms. The Morgan fingerprint density at radius 3 is 2.82 bits per heavy atom. The summed E-state index contributed by atoms with van der Waals surface area (Å²) in [5, 5.41) is 8.91. The maximum Gasteiger partial charge on any atom is 0.0475 e. The third kappa shape index (κ3) is 3.41. The molecule has 1 heterocycles. The molecule has 0 radical (unpaired) electrons. The first-order valence-electron chi connectivity index (χ1n) is 4.30. The van der Waals surface area contributed by atoms with Crippen LogP contribution in [0.1, 0.15) is 19.3 Å². The highest BCUT2D eigenvalue weighted by atomic mass is 35.5. The second-order valence-electron chi connectivity index (χ2n) is 3.12. The lowest BCUT2D eigenvalue weighted by molar-refractivity contribution is 0.264. The molecule has 66 valence electrons. The molecule has 0 aromatic heterocycles. The van der Waals surface area contributed by atoms with Gasteiger partial charge in [-0.05, 0) is 32.4 Å². The van der Waals surface area contributed by atoms with Crippen LogP contribution in [0.15, 0.2) is 0 Å². The van der Waals surface area contributed by atoms with Crippen LogP contribution in [0.5, 0.6) is 0 Å². The molecule has 2 nitrogen and oxygen atoms in total. The molecule has 0 aliphatic carbocycles. The average molecular weight is 178 g/mol. The number of hydrogen-bond donors (Lipinski definition) is 1. The van der Waals surface area contributed by atoms with Crippen LogP contribution >= 0.6 is 11.6 Å². The summed E-state index contributed by atoms with van der Waals surface area (Å²) >= 11 is 5.93. The van der Waals surface area contributed by atoms with Gasteiger partial charge in [-0.2, -0.15) is 0 Å². The zero-order valence-electron chi connectivity index (χ0n) is 6.80. The first-order chi connectivity index (χ1) is 5.33. The molecule has 11 heavy (non-hydrogen) atoms. The molecular formula is C8H16ClNO. The van der Waals surface area contributed by atoms with Gasteiger partial charge < -0.3 is 10.0 Å². The van der Waals surface area contributed by atoms with Crippen molar-refractivity contribution >= 4 is 11.6 Å². The van der Waals surface area contributed by atoms with Crippen LogP contribution in [0, 0.1) is 0 Å². The van der Waals surface area contributed by atoms with Gasteiger partial charge in [0.05, 0.1) is 0 Å². The fourth-order valence-electron chi connectivity index (χ4n) is 1.44. The molecule has 1 aliphatic rings. The van der Waals surface area contributed by atoms with Gasteiger partial charge in [-0.1, -0.05) is 0 Å². The highest BCUT2D eigenvalue weighted by Crippen LogP contribution is 2.14. The molecule has 1 N–H and O–H groups in total. The molecule has 1 aliphatic heterocycles. The van der Waals surface area contributed by atoms with E-state index in [-0.39, 0.29) is 0 Å². The van der Waals surface area contributed by atoms with Crippen LogP contribution < -0.4 is 0 Å². The van der Waals surface area contributed by atoms with Crippen molar-refractivity contribution < 1.29 is 5.11 Å². The molecular weight excluding hydrogens is 162 g/mol. The van der Waals surface area contributed by atoms with Gasteiger partial charge in [-0.25, -0.2) is 0 Å². The highest BCUT2D eigenvalue weighted by molar-refractivity contribution is 6.20. The Bertz CT molecular complexity index is 110. The van der Waals surface area contributed by atoms with Crippen molar-refractivity contribution in [3.63, 3.8) is 0 Å². The maximum atomic E-state index is 8.55. The summed E-state index contributed by atoms with van der Waals surface area (Å²) in [5.74, 6) is 0. The topological polar surface area (TPSA) is 23.5 Å². The van der Waals surface area contributed by atoms with Crippen molar-refractivity contribution in [1.29, 1.82) is 0 Å². The van der Waals surface area contributed by atoms with E-state index < -0.39 is 0 Å². The average Bonchev–Trinajstić information content (AvgIpc) is 2.37. The van der Waals surface area contributed by atoms with Crippen LogP contribution in [0.3, 0.4) is 0 Å². The summed E-state index contributed by atoms with van der Waals surface area (Å²) in [5.41, 5.74) is 0. The number of alkyl halides is 1. The lowest BCUT2D eigenvalue weighted by Gasteiger charge is -2.13. The minimum Gasteiger partial charge on any atom is -0.396 e. The highest BCUT2D eigenvalue weighted by Gasteiger charge is 2.18. The first-order valence-corrected chi connectivity index (χ1v) is 4.74. The van der Waals surface area contributed by atoms with E-state index in [1.165, 1.54) is 0 Å². The van der Waals surface area contributed by atoms with Gasteiger partial charge in [0.2, 0.25) is 0 Å². The Hall–Kier alpha value is 0.210. The third-order valence-electron chi connectivity index (χ3n) is 2.10. The van der Waals surface area contributed by atoms with Gasteiger partial charge in [0.1, 0.15) is 0 Å². The van der Waals surface area contributed by atoms with Gasteiger partial charge in [0.15, 0.2) is 0 Å². The molecule has 1 unspecified atom stereocenters. The minimum atomic E-state index is 0.318. The molecule has 1 atom stereocenters. The molecule has 1 rings (SSSR count). The molecule has 0 bridgehead atoms. The van der Waals surface area contributed by atoms with Crippen molar-refractivity contribution in [2.75, 3.05) is 26.2 Å². The van der Waals surface area contributed by atoms with E-state index in [9.17, 15) is 0 Å².